The fourth-order valence-electron chi connectivity index (χ4n) is 8.60. The third-order valence-corrected chi connectivity index (χ3v) is 10.6. The van der Waals surface area contributed by atoms with Crippen LogP contribution in [-0.4, -0.2) is 32.6 Å². The zero-order valence-corrected chi connectivity index (χ0v) is 20.1. The maximum absolute atomic E-state index is 12.1. The van der Waals surface area contributed by atoms with Crippen LogP contribution in [0.15, 0.2) is 11.6 Å². The molecule has 0 aromatic rings. The second-order valence-corrected chi connectivity index (χ2v) is 12.6. The third kappa shape index (κ3) is 3.25. The molecule has 0 aromatic carbocycles. The molecule has 4 aliphatic rings. The van der Waals surface area contributed by atoms with Crippen molar-refractivity contribution in [1.29, 1.82) is 0 Å². The first-order valence-corrected chi connectivity index (χ1v) is 12.8. The molecule has 0 saturated heterocycles. The van der Waals surface area contributed by atoms with Crippen LogP contribution in [0.3, 0.4) is 0 Å². The molecule has 0 heterocycles. The first kappa shape index (κ1) is 22.8. The fourth-order valence-corrected chi connectivity index (χ4v) is 8.60. The number of hydrogen-bond donors (Lipinski definition) is 3. The molecule has 8 atom stereocenters. The molecule has 8 unspecified atom stereocenters. The van der Waals surface area contributed by atoms with Gasteiger partial charge in [-0.25, -0.2) is 0 Å². The van der Waals surface area contributed by atoms with Crippen LogP contribution in [0.25, 0.3) is 0 Å². The highest BCUT2D eigenvalue weighted by Gasteiger charge is 2.68. The Morgan fingerprint density at radius 1 is 1.10 bits per heavy atom. The van der Waals surface area contributed by atoms with Crippen molar-refractivity contribution in [2.75, 3.05) is 0 Å². The van der Waals surface area contributed by atoms with Crippen molar-refractivity contribution >= 4 is 0 Å². The average molecular weight is 419 g/mol. The Bertz CT molecular complexity index is 682. The zero-order valence-electron chi connectivity index (χ0n) is 20.1. The van der Waals surface area contributed by atoms with Crippen molar-refractivity contribution < 1.29 is 15.3 Å². The zero-order chi connectivity index (χ0) is 21.9. The van der Waals surface area contributed by atoms with Crippen molar-refractivity contribution in [3.8, 4) is 0 Å². The largest absolute Gasteiger partial charge is 0.393 e. The summed E-state index contributed by atoms with van der Waals surface area (Å²) in [6, 6.07) is 0. The van der Waals surface area contributed by atoms with Gasteiger partial charge in [-0.1, -0.05) is 52.2 Å². The molecule has 3 N–H and O–H groups in total. The van der Waals surface area contributed by atoms with E-state index in [1.165, 1.54) is 5.57 Å². The Morgan fingerprint density at radius 2 is 1.80 bits per heavy atom. The van der Waals surface area contributed by atoms with Crippen molar-refractivity contribution in [3.63, 3.8) is 0 Å². The standard InChI is InChI=1S/C27H46O3/c1-18(2)7-6-13-26(5,29)27(30)16-12-23-21-9-8-19-17-20(28)10-14-24(19,3)22(21)11-15-25(23,27)4/h8,18,20-23,28-30H,6-7,9-17H2,1-5H3. The van der Waals surface area contributed by atoms with Gasteiger partial charge in [-0.3, -0.25) is 0 Å². The Balaban J connectivity index is 1.58. The topological polar surface area (TPSA) is 60.7 Å². The third-order valence-electron chi connectivity index (χ3n) is 10.6. The number of aliphatic hydroxyl groups excluding tert-OH is 1. The van der Waals surface area contributed by atoms with Gasteiger partial charge in [0.05, 0.1) is 17.3 Å². The van der Waals surface area contributed by atoms with Crippen LogP contribution in [0.4, 0.5) is 0 Å². The fraction of sp³-hybridized carbons (Fsp3) is 0.926. The van der Waals surface area contributed by atoms with Crippen LogP contribution < -0.4 is 0 Å². The molecular weight excluding hydrogens is 372 g/mol. The van der Waals surface area contributed by atoms with E-state index in [1.807, 2.05) is 6.92 Å². The monoisotopic (exact) mass is 418 g/mol. The Labute approximate surface area is 184 Å². The van der Waals surface area contributed by atoms with Gasteiger partial charge in [0, 0.05) is 5.41 Å². The van der Waals surface area contributed by atoms with Crippen molar-refractivity contribution in [2.45, 2.75) is 123 Å². The maximum Gasteiger partial charge on any atom is 0.0986 e. The Morgan fingerprint density at radius 3 is 2.50 bits per heavy atom. The van der Waals surface area contributed by atoms with Crippen LogP contribution >= 0.6 is 0 Å². The van der Waals surface area contributed by atoms with Crippen molar-refractivity contribution in [1.82, 2.24) is 0 Å². The van der Waals surface area contributed by atoms with E-state index in [4.69, 9.17) is 0 Å². The molecule has 0 amide bonds. The molecule has 4 rings (SSSR count). The maximum atomic E-state index is 12.1. The molecule has 4 aliphatic carbocycles. The van der Waals surface area contributed by atoms with E-state index in [0.717, 1.165) is 64.2 Å². The average Bonchev–Trinajstić information content (AvgIpc) is 2.95. The lowest BCUT2D eigenvalue weighted by atomic mass is 9.46. The molecular formula is C27H46O3. The van der Waals surface area contributed by atoms with E-state index >= 15 is 0 Å². The van der Waals surface area contributed by atoms with Gasteiger partial charge in [0.1, 0.15) is 0 Å². The van der Waals surface area contributed by atoms with Crippen LogP contribution in [0.5, 0.6) is 0 Å². The van der Waals surface area contributed by atoms with Gasteiger partial charge < -0.3 is 15.3 Å². The molecule has 0 spiro atoms. The Kier molecular flexibility index (Phi) is 5.77. The minimum Gasteiger partial charge on any atom is -0.393 e. The van der Waals surface area contributed by atoms with E-state index in [-0.39, 0.29) is 16.9 Å². The number of hydrogen-bond acceptors (Lipinski definition) is 3. The van der Waals surface area contributed by atoms with E-state index in [1.54, 1.807) is 0 Å². The highest BCUT2D eigenvalue weighted by Crippen LogP contribution is 2.68. The normalized spacial score (nSPS) is 47.8. The molecule has 30 heavy (non-hydrogen) atoms. The van der Waals surface area contributed by atoms with Gasteiger partial charge in [-0.2, -0.15) is 0 Å². The summed E-state index contributed by atoms with van der Waals surface area (Å²) in [6.45, 7) is 11.1. The van der Waals surface area contributed by atoms with Crippen LogP contribution in [0.2, 0.25) is 0 Å². The summed E-state index contributed by atoms with van der Waals surface area (Å²) in [5.74, 6) is 2.39. The van der Waals surface area contributed by atoms with E-state index in [2.05, 4.69) is 33.8 Å². The van der Waals surface area contributed by atoms with E-state index in [0.29, 0.717) is 30.1 Å². The molecule has 172 valence electrons. The van der Waals surface area contributed by atoms with Gasteiger partial charge in [-0.15, -0.1) is 0 Å². The van der Waals surface area contributed by atoms with Gasteiger partial charge in [0.2, 0.25) is 0 Å². The lowest BCUT2D eigenvalue weighted by Crippen LogP contribution is -2.63. The highest BCUT2D eigenvalue weighted by atomic mass is 16.4. The molecule has 0 aliphatic heterocycles. The van der Waals surface area contributed by atoms with Gasteiger partial charge in [0.15, 0.2) is 0 Å². The van der Waals surface area contributed by atoms with Crippen molar-refractivity contribution in [3.05, 3.63) is 11.6 Å². The summed E-state index contributed by atoms with van der Waals surface area (Å²) in [5, 5.41) is 33.8. The molecule has 0 bridgehead atoms. The SMILES string of the molecule is CC(C)CCCC(C)(O)C1(O)CCC2C3CC=C4CC(O)CCC4(C)C3CCC21C. The molecule has 0 aromatic heterocycles. The van der Waals surface area contributed by atoms with E-state index < -0.39 is 11.2 Å². The van der Waals surface area contributed by atoms with E-state index in [9.17, 15) is 15.3 Å². The number of rotatable bonds is 5. The van der Waals surface area contributed by atoms with Gasteiger partial charge >= 0.3 is 0 Å². The summed E-state index contributed by atoms with van der Waals surface area (Å²) in [4.78, 5) is 0. The molecule has 3 nitrogen and oxygen atoms in total. The first-order valence-electron chi connectivity index (χ1n) is 12.8. The second kappa shape index (κ2) is 7.59. The lowest BCUT2D eigenvalue weighted by Gasteiger charge is -2.60. The summed E-state index contributed by atoms with van der Waals surface area (Å²) in [5.41, 5.74) is -0.484. The van der Waals surface area contributed by atoms with Crippen molar-refractivity contribution in [2.24, 2.45) is 34.5 Å². The van der Waals surface area contributed by atoms with Crippen LogP contribution in [0, 0.1) is 34.5 Å². The molecule has 3 saturated carbocycles. The number of aliphatic hydroxyl groups is 3. The minimum atomic E-state index is -1.02. The summed E-state index contributed by atoms with van der Waals surface area (Å²) in [7, 11) is 0. The van der Waals surface area contributed by atoms with Gasteiger partial charge in [-0.05, 0) is 93.8 Å². The Hall–Kier alpha value is -0.380. The molecule has 3 heteroatoms. The number of allylic oxidation sites excluding steroid dienone is 1. The smallest absolute Gasteiger partial charge is 0.0986 e. The minimum absolute atomic E-state index is 0.160. The van der Waals surface area contributed by atoms with Gasteiger partial charge in [0.25, 0.3) is 0 Å². The highest BCUT2D eigenvalue weighted by molar-refractivity contribution is 5.27. The summed E-state index contributed by atoms with van der Waals surface area (Å²) >= 11 is 0. The van der Waals surface area contributed by atoms with Crippen LogP contribution in [-0.2, 0) is 0 Å². The predicted octanol–water partition coefficient (Wildman–Crippen LogP) is 5.62. The predicted molar refractivity (Wildman–Crippen MR) is 122 cm³/mol. The molecule has 3 fully saturated rings. The molecule has 0 radical (unpaired) electrons. The quantitative estimate of drug-likeness (QED) is 0.508. The lowest BCUT2D eigenvalue weighted by molar-refractivity contribution is -0.219. The number of fused-ring (bicyclic) bond motifs is 5. The first-order chi connectivity index (χ1) is 13.9. The second-order valence-electron chi connectivity index (χ2n) is 12.6. The summed E-state index contributed by atoms with van der Waals surface area (Å²) in [6.07, 6.45) is 13.0. The van der Waals surface area contributed by atoms with Crippen LogP contribution in [0.1, 0.15) is 105 Å². The summed E-state index contributed by atoms with van der Waals surface area (Å²) < 4.78 is 0.